The lowest BCUT2D eigenvalue weighted by Gasteiger charge is -2.05. The Balaban J connectivity index is 0. The Kier molecular flexibility index (Phi) is 7.61. The van der Waals surface area contributed by atoms with E-state index >= 15 is 0 Å². The van der Waals surface area contributed by atoms with E-state index in [1.54, 1.807) is 0 Å². The number of halogens is 1. The van der Waals surface area contributed by atoms with Crippen molar-refractivity contribution in [2.24, 2.45) is 0 Å². The molecule has 0 amide bonds. The largest absolute Gasteiger partial charge is 1.00 e. The number of aryl methyl sites for hydroxylation is 2. The van der Waals surface area contributed by atoms with Gasteiger partial charge in [0, 0.05) is 5.56 Å². The van der Waals surface area contributed by atoms with Crippen molar-refractivity contribution in [2.75, 3.05) is 0 Å². The van der Waals surface area contributed by atoms with Crippen LogP contribution in [0, 0.1) is 20.8 Å². The first kappa shape index (κ1) is 15.8. The van der Waals surface area contributed by atoms with Gasteiger partial charge in [-0.1, -0.05) is 13.5 Å². The molecule has 0 aliphatic heterocycles. The summed E-state index contributed by atoms with van der Waals surface area (Å²) in [5.41, 5.74) is 9.28. The van der Waals surface area contributed by atoms with E-state index in [1.165, 1.54) is 22.3 Å². The van der Waals surface area contributed by atoms with Crippen molar-refractivity contribution in [3.8, 4) is 0 Å². The van der Waals surface area contributed by atoms with Gasteiger partial charge < -0.3 is 18.1 Å². The van der Waals surface area contributed by atoms with Crippen molar-refractivity contribution in [1.82, 2.24) is 0 Å². The highest BCUT2D eigenvalue weighted by Crippen LogP contribution is 2.15. The van der Waals surface area contributed by atoms with Crippen LogP contribution in [-0.2, 0) is 13.0 Å². The first-order chi connectivity index (χ1) is 5.69. The monoisotopic (exact) mass is 214 g/mol. The predicted octanol–water partition coefficient (Wildman–Crippen LogP) is -0.938. The highest BCUT2D eigenvalue weighted by Gasteiger charge is 2.04. The lowest BCUT2D eigenvalue weighted by atomic mass is 9.99. The molecule has 14 heavy (non-hydrogen) atoms. The third-order valence-corrected chi connectivity index (χ3v) is 2.33. The van der Waals surface area contributed by atoms with Crippen LogP contribution in [-0.4, -0.2) is 0 Å². The van der Waals surface area contributed by atoms with Crippen LogP contribution in [0.4, 0.5) is 0 Å². The van der Waals surface area contributed by atoms with Gasteiger partial charge in [-0.3, -0.25) is 0 Å². The van der Waals surface area contributed by atoms with Crippen LogP contribution in [0.2, 0.25) is 0 Å². The van der Waals surface area contributed by atoms with Crippen molar-refractivity contribution in [1.29, 1.82) is 0 Å². The molecular formula is C12H21ClN+. The molecule has 2 heteroatoms. The standard InChI is InChI=1S/C11H16N.CH4.ClH/c1-4-10-5-9(3)11(7-12)6-8(10)2;;/h5-6H,1,4,7,12H2,2-3H3;1H4;1H/q+1;;. The van der Waals surface area contributed by atoms with Crippen molar-refractivity contribution < 1.29 is 18.1 Å². The first-order valence-electron chi connectivity index (χ1n) is 4.36. The maximum Gasteiger partial charge on any atom is 0.110 e. The molecular weight excluding hydrogens is 194 g/mol. The van der Waals surface area contributed by atoms with Crippen molar-refractivity contribution in [3.63, 3.8) is 0 Å². The fourth-order valence-corrected chi connectivity index (χ4v) is 1.47. The van der Waals surface area contributed by atoms with Crippen LogP contribution in [0.1, 0.15) is 29.7 Å². The van der Waals surface area contributed by atoms with Gasteiger partial charge in [0.1, 0.15) is 6.42 Å². The van der Waals surface area contributed by atoms with E-state index in [0.29, 0.717) is 0 Å². The van der Waals surface area contributed by atoms with Crippen molar-refractivity contribution >= 4 is 0 Å². The molecule has 0 unspecified atom stereocenters. The van der Waals surface area contributed by atoms with Crippen LogP contribution >= 0.6 is 0 Å². The van der Waals surface area contributed by atoms with Gasteiger partial charge in [0.2, 0.25) is 0 Å². The van der Waals surface area contributed by atoms with Gasteiger partial charge in [-0.25, -0.2) is 0 Å². The minimum Gasteiger partial charge on any atom is -1.00 e. The number of hydrogen-bond donors (Lipinski definition) is 1. The second-order valence-electron chi connectivity index (χ2n) is 3.21. The van der Waals surface area contributed by atoms with Gasteiger partial charge in [-0.2, -0.15) is 0 Å². The van der Waals surface area contributed by atoms with Gasteiger partial charge in [-0.05, 0) is 36.6 Å². The third kappa shape index (κ3) is 3.24. The molecule has 0 aromatic heterocycles. The summed E-state index contributed by atoms with van der Waals surface area (Å²) in [7, 11) is 0. The predicted molar refractivity (Wildman–Crippen MR) is 58.3 cm³/mol. The summed E-state index contributed by atoms with van der Waals surface area (Å²) >= 11 is 0. The molecule has 3 N–H and O–H groups in total. The molecule has 1 nitrogen and oxygen atoms in total. The Morgan fingerprint density at radius 2 is 1.57 bits per heavy atom. The van der Waals surface area contributed by atoms with Gasteiger partial charge in [0.15, 0.2) is 0 Å². The zero-order chi connectivity index (χ0) is 9.14. The molecule has 0 bridgehead atoms. The zero-order valence-electron chi connectivity index (χ0n) is 8.36. The van der Waals surface area contributed by atoms with Gasteiger partial charge in [0.05, 0.1) is 13.5 Å². The fraction of sp³-hybridized carbons (Fsp3) is 0.417. The van der Waals surface area contributed by atoms with E-state index < -0.39 is 0 Å². The topological polar surface area (TPSA) is 27.6 Å². The van der Waals surface area contributed by atoms with E-state index in [-0.39, 0.29) is 19.8 Å². The average Bonchev–Trinajstić information content (AvgIpc) is 2.08. The summed E-state index contributed by atoms with van der Waals surface area (Å²) in [6.45, 7) is 9.05. The molecule has 0 aliphatic carbocycles. The van der Waals surface area contributed by atoms with E-state index in [4.69, 9.17) is 0 Å². The van der Waals surface area contributed by atoms with E-state index in [2.05, 4.69) is 38.6 Å². The van der Waals surface area contributed by atoms with Crippen LogP contribution in [0.3, 0.4) is 0 Å². The molecule has 1 aromatic carbocycles. The summed E-state index contributed by atoms with van der Waals surface area (Å²) in [5.74, 6) is 0. The summed E-state index contributed by atoms with van der Waals surface area (Å²) in [4.78, 5) is 0. The van der Waals surface area contributed by atoms with E-state index in [0.717, 1.165) is 13.0 Å². The quantitative estimate of drug-likeness (QED) is 0.616. The second kappa shape index (κ2) is 6.74. The lowest BCUT2D eigenvalue weighted by molar-refractivity contribution is -0.386. The second-order valence-corrected chi connectivity index (χ2v) is 3.21. The molecule has 0 atom stereocenters. The lowest BCUT2D eigenvalue weighted by Crippen LogP contribution is -3.00. The van der Waals surface area contributed by atoms with E-state index in [9.17, 15) is 0 Å². The molecule has 0 saturated carbocycles. The molecule has 1 aromatic rings. The number of benzene rings is 1. The molecule has 0 saturated heterocycles. The Bertz CT molecular complexity index is 252. The van der Waals surface area contributed by atoms with Crippen LogP contribution in [0.5, 0.6) is 0 Å². The summed E-state index contributed by atoms with van der Waals surface area (Å²) < 4.78 is 0. The summed E-state index contributed by atoms with van der Waals surface area (Å²) in [5, 5.41) is 0. The number of rotatable bonds is 2. The molecule has 0 fully saturated rings. The third-order valence-electron chi connectivity index (χ3n) is 2.33. The molecule has 1 rings (SSSR count). The molecule has 0 heterocycles. The molecule has 0 spiro atoms. The summed E-state index contributed by atoms with van der Waals surface area (Å²) in [6.07, 6.45) is 0.879. The molecule has 0 radical (unpaired) electrons. The van der Waals surface area contributed by atoms with Crippen molar-refractivity contribution in [3.05, 3.63) is 41.3 Å². The highest BCUT2D eigenvalue weighted by atomic mass is 35.5. The van der Waals surface area contributed by atoms with Crippen LogP contribution < -0.4 is 18.1 Å². The average molecular weight is 215 g/mol. The van der Waals surface area contributed by atoms with Gasteiger partial charge in [-0.15, -0.1) is 0 Å². The Labute approximate surface area is 94.1 Å². The van der Waals surface area contributed by atoms with Crippen LogP contribution in [0.25, 0.3) is 0 Å². The fourth-order valence-electron chi connectivity index (χ4n) is 1.47. The van der Waals surface area contributed by atoms with Crippen molar-refractivity contribution in [2.45, 2.75) is 34.2 Å². The molecule has 0 aliphatic rings. The Morgan fingerprint density at radius 1 is 1.14 bits per heavy atom. The maximum absolute atomic E-state index is 3.90. The normalized spacial score (nSPS) is 8.79. The molecule has 80 valence electrons. The van der Waals surface area contributed by atoms with E-state index in [1.807, 2.05) is 0 Å². The van der Waals surface area contributed by atoms with Gasteiger partial charge >= 0.3 is 0 Å². The summed E-state index contributed by atoms with van der Waals surface area (Å²) in [6, 6.07) is 4.45. The number of quaternary nitrogens is 1. The van der Waals surface area contributed by atoms with Crippen LogP contribution in [0.15, 0.2) is 12.1 Å². The van der Waals surface area contributed by atoms with Gasteiger partial charge in [0.25, 0.3) is 0 Å². The SMILES string of the molecule is C.[CH2+]Cc1cc(C)c(C[NH3+])cc1C.[Cl-]. The minimum absolute atomic E-state index is 0. The minimum atomic E-state index is 0. The number of hydrogen-bond acceptors (Lipinski definition) is 0. The smallest absolute Gasteiger partial charge is 0.110 e. The Hall–Kier alpha value is -0.660. The zero-order valence-corrected chi connectivity index (χ0v) is 9.12. The maximum atomic E-state index is 3.90. The Morgan fingerprint density at radius 3 is 2.00 bits per heavy atom. The highest BCUT2D eigenvalue weighted by molar-refractivity contribution is 5.37. The first-order valence-corrected chi connectivity index (χ1v) is 4.36.